The third kappa shape index (κ3) is 3.00. The maximum absolute atomic E-state index is 12.2. The van der Waals surface area contributed by atoms with E-state index in [9.17, 15) is 4.79 Å². The van der Waals surface area contributed by atoms with E-state index in [1.807, 2.05) is 48.5 Å². The van der Waals surface area contributed by atoms with E-state index in [2.05, 4.69) is 5.10 Å². The Morgan fingerprint density at radius 1 is 1.13 bits per heavy atom. The fourth-order valence-electron chi connectivity index (χ4n) is 2.44. The molecule has 3 aromatic rings. The predicted molar refractivity (Wildman–Crippen MR) is 90.0 cm³/mol. The van der Waals surface area contributed by atoms with E-state index in [1.54, 1.807) is 7.05 Å². The van der Waals surface area contributed by atoms with Crippen LogP contribution in [-0.2, 0) is 13.6 Å². The highest BCUT2D eigenvalue weighted by Gasteiger charge is 2.14. The molecule has 2 aromatic carbocycles. The number of aryl methyl sites for hydroxylation is 1. The highest BCUT2D eigenvalue weighted by molar-refractivity contribution is 6.31. The lowest BCUT2D eigenvalue weighted by atomic mass is 10.0. The van der Waals surface area contributed by atoms with Crippen LogP contribution >= 0.6 is 11.6 Å². The van der Waals surface area contributed by atoms with Crippen molar-refractivity contribution in [2.24, 2.45) is 7.05 Å². The van der Waals surface area contributed by atoms with Crippen LogP contribution in [0.4, 0.5) is 0 Å². The van der Waals surface area contributed by atoms with Gasteiger partial charge in [-0.05, 0) is 28.8 Å². The van der Waals surface area contributed by atoms with Crippen LogP contribution in [0.1, 0.15) is 5.56 Å². The molecule has 0 unspecified atom stereocenters. The number of hydrogen-bond acceptors (Lipinski definition) is 3. The molecule has 0 aliphatic heterocycles. The van der Waals surface area contributed by atoms with Crippen LogP contribution in [0.2, 0.25) is 5.02 Å². The summed E-state index contributed by atoms with van der Waals surface area (Å²) in [6, 6.07) is 16.1. The van der Waals surface area contributed by atoms with Crippen LogP contribution in [0, 0.1) is 0 Å². The normalized spacial score (nSPS) is 10.7. The first-order chi connectivity index (χ1) is 11.1. The van der Waals surface area contributed by atoms with Crippen molar-refractivity contribution in [3.8, 4) is 17.1 Å². The molecule has 23 heavy (non-hydrogen) atoms. The van der Waals surface area contributed by atoms with Crippen molar-refractivity contribution >= 4 is 11.6 Å². The Kier molecular flexibility index (Phi) is 4.21. The molecule has 0 bridgehead atoms. The van der Waals surface area contributed by atoms with Gasteiger partial charge in [0.2, 0.25) is 0 Å². The monoisotopic (exact) mass is 329 g/mol. The maximum Gasteiger partial charge on any atom is 0.348 e. The lowest BCUT2D eigenvalue weighted by Crippen LogP contribution is -2.23. The lowest BCUT2D eigenvalue weighted by Gasteiger charge is -2.09. The molecule has 0 aliphatic carbocycles. The molecule has 0 saturated carbocycles. The topological polar surface area (TPSA) is 49.1 Å². The second-order valence-electron chi connectivity index (χ2n) is 5.15. The molecule has 1 aromatic heterocycles. The zero-order valence-electron chi connectivity index (χ0n) is 12.9. The number of halogens is 1. The van der Waals surface area contributed by atoms with Crippen LogP contribution in [0.25, 0.3) is 11.1 Å². The Hall–Kier alpha value is -2.53. The van der Waals surface area contributed by atoms with Crippen molar-refractivity contribution in [1.29, 1.82) is 0 Å². The van der Waals surface area contributed by atoms with Gasteiger partial charge < -0.3 is 4.74 Å². The summed E-state index contributed by atoms with van der Waals surface area (Å²) in [5.74, 6) is 0. The number of hydrogen-bond donors (Lipinski definition) is 0. The largest absolute Gasteiger partial charge is 0.467 e. The number of benzene rings is 2. The first-order valence-corrected chi connectivity index (χ1v) is 7.49. The van der Waals surface area contributed by atoms with Gasteiger partial charge in [0.1, 0.15) is 0 Å². The molecule has 0 amide bonds. The quantitative estimate of drug-likeness (QED) is 0.739. The fourth-order valence-corrected chi connectivity index (χ4v) is 2.62. The van der Waals surface area contributed by atoms with E-state index >= 15 is 0 Å². The van der Waals surface area contributed by atoms with E-state index in [0.717, 1.165) is 16.7 Å². The molecule has 3 rings (SSSR count). The highest BCUT2D eigenvalue weighted by Crippen LogP contribution is 2.26. The molecule has 0 saturated heterocycles. The molecule has 0 aliphatic rings. The van der Waals surface area contributed by atoms with Gasteiger partial charge >= 0.3 is 11.7 Å². The summed E-state index contributed by atoms with van der Waals surface area (Å²) < 4.78 is 7.86. The second kappa shape index (κ2) is 6.30. The number of ether oxygens (including phenoxy) is 1. The van der Waals surface area contributed by atoms with Gasteiger partial charge in [-0.15, -0.1) is 5.10 Å². The summed E-state index contributed by atoms with van der Waals surface area (Å²) >= 11 is 6.30. The van der Waals surface area contributed by atoms with Gasteiger partial charge in [-0.2, -0.15) is 0 Å². The van der Waals surface area contributed by atoms with Crippen LogP contribution in [-0.4, -0.2) is 21.5 Å². The predicted octanol–water partition coefficient (Wildman–Crippen LogP) is 2.96. The fraction of sp³-hybridized carbons (Fsp3) is 0.176. The van der Waals surface area contributed by atoms with E-state index in [1.165, 1.54) is 16.4 Å². The molecule has 0 N–H and O–H groups in total. The van der Waals surface area contributed by atoms with Crippen molar-refractivity contribution in [3.05, 3.63) is 69.6 Å². The average Bonchev–Trinajstić information content (AvgIpc) is 2.85. The number of methoxy groups -OCH3 is 1. The molecular weight excluding hydrogens is 314 g/mol. The minimum atomic E-state index is -0.247. The van der Waals surface area contributed by atoms with Crippen molar-refractivity contribution in [3.63, 3.8) is 0 Å². The first-order valence-electron chi connectivity index (χ1n) is 7.12. The van der Waals surface area contributed by atoms with E-state index in [4.69, 9.17) is 16.3 Å². The van der Waals surface area contributed by atoms with E-state index < -0.39 is 0 Å². The number of aromatic nitrogens is 3. The Morgan fingerprint density at radius 2 is 1.87 bits per heavy atom. The molecule has 0 atom stereocenters. The number of nitrogens with zero attached hydrogens (tertiary/aromatic N) is 3. The molecule has 1 heterocycles. The first kappa shape index (κ1) is 15.4. The molecule has 6 heteroatoms. The maximum atomic E-state index is 12.2. The smallest absolute Gasteiger partial charge is 0.348 e. The van der Waals surface area contributed by atoms with E-state index in [0.29, 0.717) is 11.6 Å². The zero-order valence-corrected chi connectivity index (χ0v) is 13.6. The molecule has 118 valence electrons. The Balaban J connectivity index is 2.03. The Bertz CT molecular complexity index is 885. The van der Waals surface area contributed by atoms with Gasteiger partial charge in [0.15, 0.2) is 0 Å². The zero-order chi connectivity index (χ0) is 16.4. The van der Waals surface area contributed by atoms with Crippen LogP contribution in [0.3, 0.4) is 0 Å². The van der Waals surface area contributed by atoms with Gasteiger partial charge in [-0.1, -0.05) is 48.0 Å². The minimum Gasteiger partial charge on any atom is -0.467 e. The summed E-state index contributed by atoms with van der Waals surface area (Å²) in [5, 5.41) is 4.64. The molecule has 0 radical (unpaired) electrons. The summed E-state index contributed by atoms with van der Waals surface area (Å²) in [5.41, 5.74) is 2.72. The molecule has 5 nitrogen and oxygen atoms in total. The summed E-state index contributed by atoms with van der Waals surface area (Å²) in [7, 11) is 3.07. The van der Waals surface area contributed by atoms with Crippen molar-refractivity contribution in [1.82, 2.24) is 14.3 Å². The summed E-state index contributed by atoms with van der Waals surface area (Å²) in [4.78, 5) is 12.2. The van der Waals surface area contributed by atoms with Crippen molar-refractivity contribution in [2.75, 3.05) is 7.11 Å². The molecular formula is C17H16ClN3O2. The third-order valence-electron chi connectivity index (χ3n) is 3.64. The molecule has 0 fully saturated rings. The van der Waals surface area contributed by atoms with Gasteiger partial charge in [0.05, 0.1) is 13.7 Å². The second-order valence-corrected chi connectivity index (χ2v) is 5.56. The Morgan fingerprint density at radius 3 is 2.57 bits per heavy atom. The van der Waals surface area contributed by atoms with Gasteiger partial charge in [-0.3, -0.25) is 0 Å². The minimum absolute atomic E-state index is 0.247. The van der Waals surface area contributed by atoms with E-state index in [-0.39, 0.29) is 11.7 Å². The van der Waals surface area contributed by atoms with Crippen LogP contribution in [0.5, 0.6) is 6.01 Å². The van der Waals surface area contributed by atoms with Crippen molar-refractivity contribution in [2.45, 2.75) is 6.54 Å². The standard InChI is InChI=1S/C17H16ClN3O2/c1-20-17(22)21(16(19-20)23-2)11-14-10-13(8-9-15(14)18)12-6-4-3-5-7-12/h3-10H,11H2,1-2H3. The summed E-state index contributed by atoms with van der Waals surface area (Å²) in [6.45, 7) is 0.301. The number of rotatable bonds is 4. The van der Waals surface area contributed by atoms with Gasteiger partial charge in [0, 0.05) is 12.1 Å². The highest BCUT2D eigenvalue weighted by atomic mass is 35.5. The summed E-state index contributed by atoms with van der Waals surface area (Å²) in [6.07, 6.45) is 0. The van der Waals surface area contributed by atoms with Crippen LogP contribution < -0.4 is 10.4 Å². The van der Waals surface area contributed by atoms with Gasteiger partial charge in [0.25, 0.3) is 0 Å². The average molecular weight is 330 g/mol. The van der Waals surface area contributed by atoms with Crippen molar-refractivity contribution < 1.29 is 4.74 Å². The lowest BCUT2D eigenvalue weighted by molar-refractivity contribution is 0.357. The van der Waals surface area contributed by atoms with Gasteiger partial charge in [-0.25, -0.2) is 14.0 Å². The molecule has 0 spiro atoms. The Labute approximate surface area is 138 Å². The third-order valence-corrected chi connectivity index (χ3v) is 4.01. The SMILES string of the molecule is COc1nn(C)c(=O)n1Cc1cc(-c2ccccc2)ccc1Cl. The van der Waals surface area contributed by atoms with Crippen LogP contribution in [0.15, 0.2) is 53.3 Å².